The molecule has 5 heteroatoms. The Morgan fingerprint density at radius 2 is 2.05 bits per heavy atom. The summed E-state index contributed by atoms with van der Waals surface area (Å²) in [5.41, 5.74) is 6.40. The molecule has 0 aromatic carbocycles. The van der Waals surface area contributed by atoms with Crippen molar-refractivity contribution in [2.75, 3.05) is 40.8 Å². The largest absolute Gasteiger partial charge is 0.340 e. The molecule has 1 aromatic rings. The van der Waals surface area contributed by atoms with Crippen LogP contribution in [0, 0.1) is 18.8 Å². The van der Waals surface area contributed by atoms with Crippen molar-refractivity contribution in [2.45, 2.75) is 6.92 Å². The highest BCUT2D eigenvalue weighted by Gasteiger charge is 2.15. The number of rotatable bonds is 4. The van der Waals surface area contributed by atoms with Gasteiger partial charge in [-0.3, -0.25) is 4.79 Å². The van der Waals surface area contributed by atoms with Crippen LogP contribution in [0.4, 0.5) is 0 Å². The van der Waals surface area contributed by atoms with E-state index in [1.54, 1.807) is 4.90 Å². The quantitative estimate of drug-likeness (QED) is 0.837. The van der Waals surface area contributed by atoms with E-state index in [1.165, 1.54) is 11.3 Å². The van der Waals surface area contributed by atoms with Crippen LogP contribution in [0.1, 0.15) is 20.1 Å². The number of thiophene rings is 1. The number of hydrogen-bond donors (Lipinski definition) is 1. The van der Waals surface area contributed by atoms with E-state index in [2.05, 4.69) is 16.7 Å². The van der Waals surface area contributed by atoms with Crippen LogP contribution in [0.25, 0.3) is 0 Å². The fraction of sp³-hybridized carbons (Fsp3) is 0.500. The molecule has 1 amide bonds. The lowest BCUT2D eigenvalue weighted by atomic mass is 10.2. The molecule has 1 heterocycles. The maximum atomic E-state index is 12.2. The highest BCUT2D eigenvalue weighted by molar-refractivity contribution is 7.14. The Labute approximate surface area is 119 Å². The first-order valence-electron chi connectivity index (χ1n) is 6.15. The fourth-order valence-corrected chi connectivity index (χ4v) is 2.52. The summed E-state index contributed by atoms with van der Waals surface area (Å²) in [5.74, 6) is 5.88. The van der Waals surface area contributed by atoms with Crippen molar-refractivity contribution in [1.82, 2.24) is 9.80 Å². The summed E-state index contributed by atoms with van der Waals surface area (Å²) in [5, 5.41) is 0. The minimum absolute atomic E-state index is 0.0516. The molecular formula is C14H21N3OS. The lowest BCUT2D eigenvalue weighted by molar-refractivity contribution is 0.0791. The van der Waals surface area contributed by atoms with Crippen LogP contribution in [0.15, 0.2) is 6.07 Å². The summed E-state index contributed by atoms with van der Waals surface area (Å²) in [6.07, 6.45) is 0. The number of carbonyl (C=O) groups is 1. The topological polar surface area (TPSA) is 49.6 Å². The van der Waals surface area contributed by atoms with Gasteiger partial charge in [0.25, 0.3) is 5.91 Å². The Morgan fingerprint density at radius 3 is 2.63 bits per heavy atom. The number of carbonyl (C=O) groups excluding carboxylic acids is 1. The Bertz CT molecular complexity index is 497. The van der Waals surface area contributed by atoms with Gasteiger partial charge in [0.1, 0.15) is 0 Å². The van der Waals surface area contributed by atoms with Gasteiger partial charge in [0.2, 0.25) is 0 Å². The first-order valence-corrected chi connectivity index (χ1v) is 6.97. The van der Waals surface area contributed by atoms with Gasteiger partial charge in [-0.15, -0.1) is 11.3 Å². The molecule has 2 N–H and O–H groups in total. The molecule has 0 aliphatic carbocycles. The van der Waals surface area contributed by atoms with Crippen LogP contribution < -0.4 is 5.73 Å². The first-order chi connectivity index (χ1) is 8.95. The van der Waals surface area contributed by atoms with Gasteiger partial charge < -0.3 is 15.5 Å². The second-order valence-corrected chi connectivity index (χ2v) is 5.71. The van der Waals surface area contributed by atoms with Gasteiger partial charge in [0, 0.05) is 20.1 Å². The van der Waals surface area contributed by atoms with Crippen molar-refractivity contribution < 1.29 is 4.79 Å². The van der Waals surface area contributed by atoms with Gasteiger partial charge in [-0.25, -0.2) is 0 Å². The van der Waals surface area contributed by atoms with Crippen LogP contribution in [0.3, 0.4) is 0 Å². The Kier molecular flexibility index (Phi) is 6.03. The zero-order valence-electron chi connectivity index (χ0n) is 12.0. The van der Waals surface area contributed by atoms with Gasteiger partial charge in [-0.1, -0.05) is 11.8 Å². The minimum Gasteiger partial charge on any atom is -0.340 e. The van der Waals surface area contributed by atoms with Crippen molar-refractivity contribution >= 4 is 17.2 Å². The number of aryl methyl sites for hydroxylation is 1. The predicted octanol–water partition coefficient (Wildman–Crippen LogP) is 1.00. The zero-order valence-corrected chi connectivity index (χ0v) is 12.8. The molecule has 0 radical (unpaired) electrons. The van der Waals surface area contributed by atoms with Gasteiger partial charge in [-0.2, -0.15) is 0 Å². The Balaban J connectivity index is 2.77. The highest BCUT2D eigenvalue weighted by Crippen LogP contribution is 2.22. The predicted molar refractivity (Wildman–Crippen MR) is 80.5 cm³/mol. The summed E-state index contributed by atoms with van der Waals surface area (Å²) < 4.78 is 0. The molecule has 104 valence electrons. The molecule has 4 nitrogen and oxygen atoms in total. The van der Waals surface area contributed by atoms with Crippen LogP contribution in [0.5, 0.6) is 0 Å². The van der Waals surface area contributed by atoms with E-state index in [9.17, 15) is 4.79 Å². The molecule has 0 fully saturated rings. The first kappa shape index (κ1) is 15.7. The van der Waals surface area contributed by atoms with Crippen LogP contribution in [-0.4, -0.2) is 56.5 Å². The molecule has 0 atom stereocenters. The third kappa shape index (κ3) is 4.67. The number of hydrogen-bond acceptors (Lipinski definition) is 4. The lowest BCUT2D eigenvalue weighted by Crippen LogP contribution is -2.33. The molecule has 0 saturated heterocycles. The molecule has 0 aliphatic rings. The lowest BCUT2D eigenvalue weighted by Gasteiger charge is -2.18. The SMILES string of the molecule is Cc1cc(C(=O)N(C)CCN(C)C)sc1C#CCN. The number of likely N-dealkylation sites (N-methyl/N-ethyl adjacent to an activating group) is 2. The average Bonchev–Trinajstić information content (AvgIpc) is 2.73. The van der Waals surface area contributed by atoms with Crippen molar-refractivity contribution in [3.05, 3.63) is 21.4 Å². The monoisotopic (exact) mass is 279 g/mol. The van der Waals surface area contributed by atoms with Crippen molar-refractivity contribution in [3.63, 3.8) is 0 Å². The van der Waals surface area contributed by atoms with Crippen molar-refractivity contribution in [3.8, 4) is 11.8 Å². The molecule has 0 spiro atoms. The maximum Gasteiger partial charge on any atom is 0.263 e. The van der Waals surface area contributed by atoms with E-state index in [0.29, 0.717) is 13.1 Å². The smallest absolute Gasteiger partial charge is 0.263 e. The van der Waals surface area contributed by atoms with Gasteiger partial charge in [0.15, 0.2) is 0 Å². The third-order valence-electron chi connectivity index (χ3n) is 2.66. The molecule has 0 aliphatic heterocycles. The summed E-state index contributed by atoms with van der Waals surface area (Å²) in [4.78, 5) is 17.7. The second-order valence-electron chi connectivity index (χ2n) is 4.66. The molecule has 0 bridgehead atoms. The number of nitrogens with zero attached hydrogens (tertiary/aromatic N) is 2. The third-order valence-corrected chi connectivity index (χ3v) is 3.80. The maximum absolute atomic E-state index is 12.2. The van der Waals surface area contributed by atoms with Crippen molar-refractivity contribution in [1.29, 1.82) is 0 Å². The average molecular weight is 279 g/mol. The van der Waals surface area contributed by atoms with Crippen LogP contribution in [-0.2, 0) is 0 Å². The summed E-state index contributed by atoms with van der Waals surface area (Å²) in [6.45, 7) is 3.87. The minimum atomic E-state index is 0.0516. The summed E-state index contributed by atoms with van der Waals surface area (Å²) >= 11 is 1.44. The Morgan fingerprint density at radius 1 is 1.37 bits per heavy atom. The van der Waals surface area contributed by atoms with Gasteiger partial charge in [-0.05, 0) is 32.6 Å². The van der Waals surface area contributed by atoms with E-state index < -0.39 is 0 Å². The van der Waals surface area contributed by atoms with E-state index in [1.807, 2.05) is 34.1 Å². The highest BCUT2D eigenvalue weighted by atomic mass is 32.1. The van der Waals surface area contributed by atoms with E-state index in [0.717, 1.165) is 21.9 Å². The van der Waals surface area contributed by atoms with Crippen molar-refractivity contribution in [2.24, 2.45) is 5.73 Å². The molecule has 0 unspecified atom stereocenters. The molecule has 19 heavy (non-hydrogen) atoms. The van der Waals surface area contributed by atoms with E-state index in [4.69, 9.17) is 5.73 Å². The molecule has 1 aromatic heterocycles. The fourth-order valence-electron chi connectivity index (χ4n) is 1.48. The summed E-state index contributed by atoms with van der Waals surface area (Å²) in [7, 11) is 5.81. The Hall–Kier alpha value is -1.35. The number of nitrogens with two attached hydrogens (primary N) is 1. The standard InChI is InChI=1S/C14H21N3OS/c1-11-10-13(19-12(11)6-5-7-15)14(18)17(4)9-8-16(2)3/h10H,7-9,15H2,1-4H3. The van der Waals surface area contributed by atoms with Gasteiger partial charge >= 0.3 is 0 Å². The van der Waals surface area contributed by atoms with Gasteiger partial charge in [0.05, 0.1) is 16.3 Å². The van der Waals surface area contributed by atoms with Crippen LogP contribution >= 0.6 is 11.3 Å². The van der Waals surface area contributed by atoms with Crippen LogP contribution in [0.2, 0.25) is 0 Å². The zero-order chi connectivity index (χ0) is 14.4. The van der Waals surface area contributed by atoms with E-state index >= 15 is 0 Å². The molecule has 1 rings (SSSR count). The second kappa shape index (κ2) is 7.29. The normalized spacial score (nSPS) is 10.2. The van der Waals surface area contributed by atoms with E-state index in [-0.39, 0.29) is 5.91 Å². The molecule has 0 saturated carbocycles. The molecular weight excluding hydrogens is 258 g/mol. The number of amides is 1. The summed E-state index contributed by atoms with van der Waals surface area (Å²) in [6, 6.07) is 1.90.